The maximum Gasteiger partial charge on any atom is 0.389 e. The van der Waals surface area contributed by atoms with Gasteiger partial charge >= 0.3 is 12.1 Å². The topological polar surface area (TPSA) is 53.4 Å². The number of nitrogens with zero attached hydrogens (tertiary/aromatic N) is 2. The average Bonchev–Trinajstić information content (AvgIpc) is 3.22. The number of hydrogen-bond acceptors (Lipinski definition) is 4. The van der Waals surface area contributed by atoms with Crippen molar-refractivity contribution in [2.24, 2.45) is 5.92 Å². The molecule has 3 rings (SSSR count). The molecule has 3 aromatic rings. The molecule has 0 aliphatic carbocycles. The zero-order chi connectivity index (χ0) is 27.3. The third-order valence-corrected chi connectivity index (χ3v) is 6.14. The number of hydrogen-bond donors (Lipinski definition) is 0. The van der Waals surface area contributed by atoms with Crippen molar-refractivity contribution in [2.75, 3.05) is 13.2 Å². The Morgan fingerprint density at radius 1 is 1.08 bits per heavy atom. The van der Waals surface area contributed by atoms with Crippen molar-refractivity contribution in [1.29, 1.82) is 0 Å². The number of rotatable bonds is 11. The van der Waals surface area contributed by atoms with Crippen molar-refractivity contribution in [2.45, 2.75) is 66.1 Å². The zero-order valence-corrected chi connectivity index (χ0v) is 22.1. The Morgan fingerprint density at radius 3 is 2.41 bits per heavy atom. The first kappa shape index (κ1) is 28.3. The Morgan fingerprint density at radius 2 is 1.81 bits per heavy atom. The molecule has 1 atom stereocenters. The molecule has 8 heteroatoms. The molecule has 5 nitrogen and oxygen atoms in total. The molecule has 0 saturated heterocycles. The first-order valence-electron chi connectivity index (χ1n) is 12.6. The fraction of sp³-hybridized carbons (Fsp3) is 0.448. The monoisotopic (exact) mass is 516 g/mol. The normalized spacial score (nSPS) is 12.7. The van der Waals surface area contributed by atoms with Gasteiger partial charge < -0.3 is 14.0 Å². The van der Waals surface area contributed by atoms with E-state index in [0.717, 1.165) is 46.4 Å². The van der Waals surface area contributed by atoms with Gasteiger partial charge in [-0.1, -0.05) is 20.4 Å². The highest BCUT2D eigenvalue weighted by Gasteiger charge is 2.33. The molecule has 2 aromatic heterocycles. The van der Waals surface area contributed by atoms with E-state index in [-0.39, 0.29) is 18.2 Å². The zero-order valence-electron chi connectivity index (χ0n) is 22.1. The predicted octanol–water partition coefficient (Wildman–Crippen LogP) is 7.48. The van der Waals surface area contributed by atoms with Gasteiger partial charge in [0.1, 0.15) is 5.75 Å². The molecule has 0 bridgehead atoms. The lowest BCUT2D eigenvalue weighted by Crippen LogP contribution is -2.26. The van der Waals surface area contributed by atoms with E-state index < -0.39 is 31.1 Å². The number of pyridine rings is 1. The van der Waals surface area contributed by atoms with Crippen LogP contribution in [0.25, 0.3) is 22.2 Å². The van der Waals surface area contributed by atoms with Crippen LogP contribution in [-0.2, 0) is 22.4 Å². The van der Waals surface area contributed by atoms with Gasteiger partial charge in [-0.3, -0.25) is 4.98 Å². The van der Waals surface area contributed by atoms with Crippen LogP contribution in [-0.4, -0.2) is 34.9 Å². The Balaban J connectivity index is 1.91. The second-order valence-electron chi connectivity index (χ2n) is 9.59. The number of aromatic nitrogens is 2. The number of benzene rings is 1. The lowest BCUT2D eigenvalue weighted by Gasteiger charge is -2.20. The summed E-state index contributed by atoms with van der Waals surface area (Å²) in [4.78, 5) is 16.5. The molecule has 0 saturated carbocycles. The summed E-state index contributed by atoms with van der Waals surface area (Å²) in [5.41, 5.74) is 5.23. The second-order valence-corrected chi connectivity index (χ2v) is 9.59. The van der Waals surface area contributed by atoms with Crippen LogP contribution in [0.2, 0.25) is 0 Å². The molecule has 0 radical (unpaired) electrons. The predicted molar refractivity (Wildman–Crippen MR) is 140 cm³/mol. The maximum absolute atomic E-state index is 13.1. The molecule has 2 heterocycles. The van der Waals surface area contributed by atoms with E-state index in [9.17, 15) is 18.0 Å². The molecule has 0 fully saturated rings. The number of alkyl halides is 3. The van der Waals surface area contributed by atoms with Crippen LogP contribution < -0.4 is 4.74 Å². The van der Waals surface area contributed by atoms with E-state index in [2.05, 4.69) is 51.0 Å². The van der Waals surface area contributed by atoms with Gasteiger partial charge in [0, 0.05) is 45.9 Å². The number of esters is 1. The summed E-state index contributed by atoms with van der Waals surface area (Å²) in [5, 5.41) is 1.000. The minimum Gasteiger partial charge on any atom is -0.493 e. The number of carbonyl (C=O) groups is 1. The van der Waals surface area contributed by atoms with Crippen molar-refractivity contribution in [3.05, 3.63) is 59.9 Å². The van der Waals surface area contributed by atoms with Gasteiger partial charge in [0.25, 0.3) is 0 Å². The summed E-state index contributed by atoms with van der Waals surface area (Å²) in [5.74, 6) is -1.31. The lowest BCUT2D eigenvalue weighted by molar-refractivity contribution is -0.158. The van der Waals surface area contributed by atoms with E-state index >= 15 is 0 Å². The third kappa shape index (κ3) is 7.14. The van der Waals surface area contributed by atoms with Gasteiger partial charge in [-0.2, -0.15) is 13.2 Å². The summed E-state index contributed by atoms with van der Waals surface area (Å²) in [6.45, 7) is 12.6. The number of halogens is 3. The highest BCUT2D eigenvalue weighted by atomic mass is 19.4. The third-order valence-electron chi connectivity index (χ3n) is 6.14. The fourth-order valence-electron chi connectivity index (χ4n) is 4.32. The number of aryl methyl sites for hydroxylation is 2. The van der Waals surface area contributed by atoms with Crippen molar-refractivity contribution in [3.8, 4) is 17.0 Å². The van der Waals surface area contributed by atoms with Crippen molar-refractivity contribution < 1.29 is 27.4 Å². The van der Waals surface area contributed by atoms with E-state index in [0.29, 0.717) is 5.75 Å². The molecule has 0 N–H and O–H groups in total. The van der Waals surface area contributed by atoms with Crippen LogP contribution in [0, 0.1) is 5.92 Å². The molecule has 0 aliphatic heterocycles. The van der Waals surface area contributed by atoms with Crippen molar-refractivity contribution in [1.82, 2.24) is 9.55 Å². The summed E-state index contributed by atoms with van der Waals surface area (Å²) < 4.78 is 52.3. The Kier molecular flexibility index (Phi) is 9.05. The summed E-state index contributed by atoms with van der Waals surface area (Å²) in [6.07, 6.45) is -3.87. The van der Waals surface area contributed by atoms with Gasteiger partial charge in [-0.15, -0.1) is 0 Å². The molecule has 1 aromatic carbocycles. The summed E-state index contributed by atoms with van der Waals surface area (Å²) >= 11 is 0. The number of fused-ring (bicyclic) bond motifs is 1. The standard InChI is InChI=1S/C29H35F3N2O3/c1-7-22-10-12-24(25(8-2)33-22)27-13-21-9-11-23(14-26(21)34(27)19(5)6)36-16-20(15-29(30,31)32)17-37-28(35)18(3)4/h9-14,19-20H,3,7-8,15-17H2,1-2,4-6H3. The van der Waals surface area contributed by atoms with E-state index in [1.165, 1.54) is 6.92 Å². The molecule has 200 valence electrons. The van der Waals surface area contributed by atoms with Crippen LogP contribution in [0.3, 0.4) is 0 Å². The van der Waals surface area contributed by atoms with Gasteiger partial charge in [0.2, 0.25) is 0 Å². The molecule has 37 heavy (non-hydrogen) atoms. The second kappa shape index (κ2) is 11.8. The Bertz CT molecular complexity index is 1260. The van der Waals surface area contributed by atoms with Crippen LogP contribution >= 0.6 is 0 Å². The van der Waals surface area contributed by atoms with Crippen LogP contribution in [0.4, 0.5) is 13.2 Å². The first-order chi connectivity index (χ1) is 17.4. The SMILES string of the molecule is C=C(C)C(=O)OCC(COc1ccc2cc(-c3ccc(CC)nc3CC)n(C(C)C)c2c1)CC(F)(F)F. The summed E-state index contributed by atoms with van der Waals surface area (Å²) in [7, 11) is 0. The van der Waals surface area contributed by atoms with Crippen LogP contribution in [0.15, 0.2) is 48.6 Å². The van der Waals surface area contributed by atoms with E-state index in [1.54, 1.807) is 6.07 Å². The molecule has 0 spiro atoms. The molecule has 1 unspecified atom stereocenters. The maximum atomic E-state index is 13.1. The van der Waals surface area contributed by atoms with Crippen molar-refractivity contribution in [3.63, 3.8) is 0 Å². The first-order valence-corrected chi connectivity index (χ1v) is 12.6. The van der Waals surface area contributed by atoms with Gasteiger partial charge in [0.15, 0.2) is 0 Å². The van der Waals surface area contributed by atoms with Gasteiger partial charge in [-0.05, 0) is 63.9 Å². The smallest absolute Gasteiger partial charge is 0.389 e. The van der Waals surface area contributed by atoms with Crippen molar-refractivity contribution >= 4 is 16.9 Å². The number of ether oxygens (including phenoxy) is 2. The quantitative estimate of drug-likeness (QED) is 0.196. The highest BCUT2D eigenvalue weighted by molar-refractivity contribution is 5.89. The van der Waals surface area contributed by atoms with Gasteiger partial charge in [0.05, 0.1) is 30.8 Å². The minimum absolute atomic E-state index is 0.123. The van der Waals surface area contributed by atoms with E-state index in [1.807, 2.05) is 18.2 Å². The fourth-order valence-corrected chi connectivity index (χ4v) is 4.32. The minimum atomic E-state index is -4.41. The molecular formula is C29H35F3N2O3. The van der Waals surface area contributed by atoms with E-state index in [4.69, 9.17) is 14.5 Å². The van der Waals surface area contributed by atoms with Crippen LogP contribution in [0.5, 0.6) is 5.75 Å². The summed E-state index contributed by atoms with van der Waals surface area (Å²) in [6, 6.07) is 11.9. The van der Waals surface area contributed by atoms with Crippen LogP contribution in [0.1, 0.15) is 58.5 Å². The Labute approximate surface area is 216 Å². The molecule has 0 amide bonds. The largest absolute Gasteiger partial charge is 0.493 e. The van der Waals surface area contributed by atoms with Gasteiger partial charge in [-0.25, -0.2) is 4.79 Å². The highest BCUT2D eigenvalue weighted by Crippen LogP contribution is 2.35. The number of carbonyl (C=O) groups excluding carboxylic acids is 1. The Hall–Kier alpha value is -3.29. The lowest BCUT2D eigenvalue weighted by atomic mass is 10.1. The molecular weight excluding hydrogens is 481 g/mol. The average molecular weight is 517 g/mol. The molecule has 0 aliphatic rings.